The van der Waals surface area contributed by atoms with Crippen molar-refractivity contribution in [2.75, 3.05) is 32.1 Å². The molecule has 3 rings (SSSR count). The number of anilines is 1. The van der Waals surface area contributed by atoms with Crippen molar-refractivity contribution >= 4 is 45.0 Å². The number of nitrogens with zero attached hydrogens (tertiary/aromatic N) is 3. The van der Waals surface area contributed by atoms with Crippen LogP contribution in [0.15, 0.2) is 36.4 Å². The van der Waals surface area contributed by atoms with Crippen molar-refractivity contribution in [1.29, 1.82) is 0 Å². The zero-order valence-corrected chi connectivity index (χ0v) is 16.9. The maximum absolute atomic E-state index is 14.1. The van der Waals surface area contributed by atoms with Gasteiger partial charge in [-0.3, -0.25) is 9.69 Å². The summed E-state index contributed by atoms with van der Waals surface area (Å²) < 4.78 is 41.9. The van der Waals surface area contributed by atoms with Gasteiger partial charge >= 0.3 is 0 Å². The van der Waals surface area contributed by atoms with Crippen molar-refractivity contribution in [1.82, 2.24) is 9.88 Å². The molecule has 0 N–H and O–H groups in total. The Labute approximate surface area is 171 Å². The second-order valence-corrected chi connectivity index (χ2v) is 7.33. The Kier molecular flexibility index (Phi) is 7.40. The first-order chi connectivity index (χ1) is 12.9. The highest BCUT2D eigenvalue weighted by atomic mass is 35.5. The van der Waals surface area contributed by atoms with Gasteiger partial charge in [0.15, 0.2) is 10.9 Å². The summed E-state index contributed by atoms with van der Waals surface area (Å²) in [5.41, 5.74) is -0.0939. The molecule has 3 aromatic rings. The van der Waals surface area contributed by atoms with Crippen LogP contribution >= 0.6 is 23.7 Å². The number of amides is 1. The van der Waals surface area contributed by atoms with E-state index in [0.29, 0.717) is 17.7 Å². The Bertz CT molecular complexity index is 980. The van der Waals surface area contributed by atoms with Crippen molar-refractivity contribution in [2.45, 2.75) is 6.42 Å². The lowest BCUT2D eigenvalue weighted by Crippen LogP contribution is -2.34. The van der Waals surface area contributed by atoms with E-state index in [0.717, 1.165) is 17.4 Å². The van der Waals surface area contributed by atoms with E-state index in [-0.39, 0.29) is 35.2 Å². The number of benzene rings is 2. The maximum Gasteiger partial charge on any atom is 0.263 e. The third-order valence-corrected chi connectivity index (χ3v) is 4.99. The number of carbonyl (C=O) groups excluding carboxylic acids is 1. The van der Waals surface area contributed by atoms with Crippen LogP contribution in [-0.4, -0.2) is 43.0 Å². The van der Waals surface area contributed by atoms with Gasteiger partial charge in [-0.05, 0) is 45.3 Å². The maximum atomic E-state index is 14.1. The van der Waals surface area contributed by atoms with E-state index < -0.39 is 23.4 Å². The second kappa shape index (κ2) is 9.36. The Hall–Kier alpha value is -2.16. The van der Waals surface area contributed by atoms with Crippen molar-refractivity contribution in [3.63, 3.8) is 0 Å². The van der Waals surface area contributed by atoms with Gasteiger partial charge < -0.3 is 4.90 Å². The molecule has 28 heavy (non-hydrogen) atoms. The summed E-state index contributed by atoms with van der Waals surface area (Å²) in [5, 5.41) is 0.210. The third-order valence-electron chi connectivity index (χ3n) is 3.97. The topological polar surface area (TPSA) is 36.4 Å². The van der Waals surface area contributed by atoms with Crippen molar-refractivity contribution in [3.05, 3.63) is 59.4 Å². The number of rotatable bonds is 6. The molecule has 0 atom stereocenters. The molecule has 4 nitrogen and oxygen atoms in total. The first-order valence-electron chi connectivity index (χ1n) is 8.33. The first kappa shape index (κ1) is 22.1. The first-order valence-corrected chi connectivity index (χ1v) is 9.15. The van der Waals surface area contributed by atoms with Gasteiger partial charge in [-0.2, -0.15) is 0 Å². The molecule has 0 bridgehead atoms. The van der Waals surface area contributed by atoms with E-state index in [2.05, 4.69) is 4.98 Å². The van der Waals surface area contributed by atoms with Gasteiger partial charge in [-0.15, -0.1) is 12.4 Å². The minimum atomic E-state index is -0.793. The predicted molar refractivity (Wildman–Crippen MR) is 108 cm³/mol. The van der Waals surface area contributed by atoms with E-state index in [9.17, 15) is 18.0 Å². The van der Waals surface area contributed by atoms with Gasteiger partial charge in [-0.25, -0.2) is 18.2 Å². The lowest BCUT2D eigenvalue weighted by Gasteiger charge is -2.21. The molecule has 1 heterocycles. The van der Waals surface area contributed by atoms with Gasteiger partial charge in [0.05, 0.1) is 10.3 Å². The summed E-state index contributed by atoms with van der Waals surface area (Å²) in [7, 11) is 3.80. The smallest absolute Gasteiger partial charge is 0.263 e. The fraction of sp³-hybridized carbons (Fsp3) is 0.263. The molecule has 0 unspecified atom stereocenters. The van der Waals surface area contributed by atoms with Crippen LogP contribution in [0.5, 0.6) is 0 Å². The molecule has 1 aromatic heterocycles. The summed E-state index contributed by atoms with van der Waals surface area (Å²) in [6.07, 6.45) is 0.611. The minimum Gasteiger partial charge on any atom is -0.309 e. The lowest BCUT2D eigenvalue weighted by atomic mass is 10.2. The molecule has 150 valence electrons. The van der Waals surface area contributed by atoms with Crippen LogP contribution in [-0.2, 0) is 0 Å². The molecular weight excluding hydrogens is 411 g/mol. The molecule has 0 aliphatic heterocycles. The normalized spacial score (nSPS) is 10.9. The molecule has 0 spiro atoms. The lowest BCUT2D eigenvalue weighted by molar-refractivity contribution is 0.0982. The van der Waals surface area contributed by atoms with Crippen LogP contribution < -0.4 is 4.90 Å². The monoisotopic (exact) mass is 429 g/mol. The molecule has 0 aliphatic rings. The minimum absolute atomic E-state index is 0. The molecule has 0 fully saturated rings. The zero-order valence-electron chi connectivity index (χ0n) is 15.3. The van der Waals surface area contributed by atoms with Gasteiger partial charge in [0.2, 0.25) is 0 Å². The summed E-state index contributed by atoms with van der Waals surface area (Å²) in [6.45, 7) is 0.976. The van der Waals surface area contributed by atoms with Gasteiger partial charge in [-0.1, -0.05) is 23.5 Å². The second-order valence-electron chi connectivity index (χ2n) is 6.32. The van der Waals surface area contributed by atoms with Crippen molar-refractivity contribution in [2.24, 2.45) is 0 Å². The van der Waals surface area contributed by atoms with E-state index >= 15 is 0 Å². The molecule has 9 heteroatoms. The molecule has 0 aliphatic carbocycles. The average molecular weight is 430 g/mol. The summed E-state index contributed by atoms with van der Waals surface area (Å²) >= 11 is 0.999. The fourth-order valence-corrected chi connectivity index (χ4v) is 3.70. The Morgan fingerprint density at radius 3 is 2.46 bits per heavy atom. The van der Waals surface area contributed by atoms with Crippen LogP contribution in [0, 0.1) is 17.5 Å². The molecule has 0 saturated carbocycles. The van der Waals surface area contributed by atoms with Crippen LogP contribution in [0.2, 0.25) is 0 Å². The Balaban J connectivity index is 0.00000280. The number of fused-ring (bicyclic) bond motifs is 1. The van der Waals surface area contributed by atoms with E-state index in [4.69, 9.17) is 0 Å². The zero-order chi connectivity index (χ0) is 19.6. The van der Waals surface area contributed by atoms with Gasteiger partial charge in [0, 0.05) is 12.6 Å². The van der Waals surface area contributed by atoms with E-state index in [1.54, 1.807) is 6.07 Å². The van der Waals surface area contributed by atoms with Crippen LogP contribution in [0.25, 0.3) is 10.2 Å². The summed E-state index contributed by atoms with van der Waals surface area (Å²) in [6, 6.07) is 7.59. The number of hydrogen-bond donors (Lipinski definition) is 0. The molecule has 0 radical (unpaired) electrons. The van der Waals surface area contributed by atoms with E-state index in [1.165, 1.54) is 29.2 Å². The van der Waals surface area contributed by atoms with Crippen molar-refractivity contribution in [3.8, 4) is 0 Å². The number of thiazole rings is 1. The SMILES string of the molecule is CN(C)CCCN(C(=O)c1ccccc1F)c1nc2c(F)cc(F)cc2s1.Cl. The molecule has 2 aromatic carbocycles. The molecule has 1 amide bonds. The highest BCUT2D eigenvalue weighted by molar-refractivity contribution is 7.22. The highest BCUT2D eigenvalue weighted by Gasteiger charge is 2.24. The summed E-state index contributed by atoms with van der Waals surface area (Å²) in [4.78, 5) is 20.4. The standard InChI is InChI=1S/C19H18F3N3OS.ClH/c1-24(2)8-5-9-25(18(26)13-6-3-4-7-14(13)21)19-23-17-15(22)10-12(20)11-16(17)27-19;/h3-4,6-7,10-11H,5,8-9H2,1-2H3;1H. The average Bonchev–Trinajstić information content (AvgIpc) is 3.02. The third kappa shape index (κ3) is 4.81. The Morgan fingerprint density at radius 1 is 1.07 bits per heavy atom. The quantitative estimate of drug-likeness (QED) is 0.568. The van der Waals surface area contributed by atoms with Crippen LogP contribution in [0.4, 0.5) is 18.3 Å². The largest absolute Gasteiger partial charge is 0.309 e. The molecule has 0 saturated heterocycles. The number of hydrogen-bond acceptors (Lipinski definition) is 4. The number of aromatic nitrogens is 1. The Morgan fingerprint density at radius 2 is 1.79 bits per heavy atom. The van der Waals surface area contributed by atoms with Gasteiger partial charge in [0.1, 0.15) is 17.2 Å². The fourth-order valence-electron chi connectivity index (χ4n) is 2.67. The highest BCUT2D eigenvalue weighted by Crippen LogP contribution is 2.32. The number of carbonyl (C=O) groups is 1. The van der Waals surface area contributed by atoms with Crippen LogP contribution in [0.3, 0.4) is 0 Å². The molecular formula is C19H19ClF3N3OS. The predicted octanol–water partition coefficient (Wildman–Crippen LogP) is 4.73. The number of halogens is 4. The van der Waals surface area contributed by atoms with Crippen LogP contribution in [0.1, 0.15) is 16.8 Å². The summed E-state index contributed by atoms with van der Waals surface area (Å²) in [5.74, 6) is -2.71. The van der Waals surface area contributed by atoms with Crippen molar-refractivity contribution < 1.29 is 18.0 Å². The van der Waals surface area contributed by atoms with E-state index in [1.807, 2.05) is 19.0 Å². The van der Waals surface area contributed by atoms with Gasteiger partial charge in [0.25, 0.3) is 5.91 Å².